The van der Waals surface area contributed by atoms with Gasteiger partial charge in [0, 0.05) is 23.8 Å². The average molecular weight is 337 g/mol. The van der Waals surface area contributed by atoms with Crippen LogP contribution < -0.4 is 5.73 Å². The van der Waals surface area contributed by atoms with Crippen LogP contribution in [-0.4, -0.2) is 37.5 Å². The van der Waals surface area contributed by atoms with Gasteiger partial charge in [0.1, 0.15) is 0 Å². The number of aliphatic hydroxyl groups is 1. The number of nitrogens with zero attached hydrogens (tertiary/aromatic N) is 1. The predicted octanol–water partition coefficient (Wildman–Crippen LogP) is 1.42. The summed E-state index contributed by atoms with van der Waals surface area (Å²) < 4.78 is 26.2. The maximum Gasteiger partial charge on any atom is 0.242 e. The second-order valence-corrected chi connectivity index (χ2v) is 7.05. The van der Waals surface area contributed by atoms with Crippen molar-refractivity contribution in [3.8, 4) is 0 Å². The highest BCUT2D eigenvalue weighted by molar-refractivity contribution is 9.10. The summed E-state index contributed by atoms with van der Waals surface area (Å²) in [4.78, 5) is 0.149. The van der Waals surface area contributed by atoms with E-state index in [1.54, 1.807) is 13.0 Å². The Kier molecular flexibility index (Phi) is 5.15. The van der Waals surface area contributed by atoms with Gasteiger partial charge in [-0.2, -0.15) is 0 Å². The highest BCUT2D eigenvalue weighted by atomic mass is 79.9. The molecule has 0 spiro atoms. The molecular formula is C11H17BrN2O3S. The quantitative estimate of drug-likeness (QED) is 0.796. The van der Waals surface area contributed by atoms with Gasteiger partial charge in [-0.15, -0.1) is 0 Å². The van der Waals surface area contributed by atoms with Gasteiger partial charge in [0.25, 0.3) is 0 Å². The summed E-state index contributed by atoms with van der Waals surface area (Å²) in [6.07, 6.45) is -0.139. The molecule has 5 nitrogen and oxygen atoms in total. The molecule has 3 N–H and O–H groups in total. The van der Waals surface area contributed by atoms with Crippen LogP contribution in [0, 0.1) is 0 Å². The summed E-state index contributed by atoms with van der Waals surface area (Å²) in [6.45, 7) is 1.88. The van der Waals surface area contributed by atoms with E-state index in [1.807, 2.05) is 0 Å². The first-order valence-corrected chi connectivity index (χ1v) is 7.68. The first kappa shape index (κ1) is 15.4. The Morgan fingerprint density at radius 1 is 1.50 bits per heavy atom. The third-order valence-corrected chi connectivity index (χ3v) is 5.11. The molecule has 0 heterocycles. The number of rotatable bonds is 5. The van der Waals surface area contributed by atoms with Crippen molar-refractivity contribution in [2.45, 2.75) is 24.3 Å². The molecule has 7 heteroatoms. The van der Waals surface area contributed by atoms with Crippen molar-refractivity contribution in [1.82, 2.24) is 4.31 Å². The molecule has 18 heavy (non-hydrogen) atoms. The number of benzene rings is 1. The van der Waals surface area contributed by atoms with E-state index >= 15 is 0 Å². The van der Waals surface area contributed by atoms with Crippen LogP contribution >= 0.6 is 15.9 Å². The third-order valence-electron chi connectivity index (χ3n) is 2.54. The number of nitrogens with two attached hydrogens (primary N) is 1. The molecule has 0 aliphatic carbocycles. The molecule has 1 unspecified atom stereocenters. The van der Waals surface area contributed by atoms with E-state index in [4.69, 9.17) is 5.73 Å². The fraction of sp³-hybridized carbons (Fsp3) is 0.455. The second kappa shape index (κ2) is 6.01. The van der Waals surface area contributed by atoms with Crippen LogP contribution in [0.5, 0.6) is 0 Å². The lowest BCUT2D eigenvalue weighted by molar-refractivity contribution is 0.177. The maximum absolute atomic E-state index is 12.2. The van der Waals surface area contributed by atoms with Gasteiger partial charge in [-0.3, -0.25) is 0 Å². The summed E-state index contributed by atoms with van der Waals surface area (Å²) in [5.74, 6) is 0. The molecule has 1 aromatic carbocycles. The molecule has 0 radical (unpaired) electrons. The van der Waals surface area contributed by atoms with Crippen molar-refractivity contribution < 1.29 is 13.5 Å². The lowest BCUT2D eigenvalue weighted by atomic mass is 10.3. The molecule has 0 amide bonds. The summed E-state index contributed by atoms with van der Waals surface area (Å²) in [5.41, 5.74) is 6.04. The van der Waals surface area contributed by atoms with Crippen LogP contribution in [0.3, 0.4) is 0 Å². The number of sulfonamides is 1. The zero-order valence-electron chi connectivity index (χ0n) is 10.3. The number of nitrogen functional groups attached to an aromatic ring is 1. The fourth-order valence-corrected chi connectivity index (χ4v) is 2.82. The lowest BCUT2D eigenvalue weighted by Gasteiger charge is -2.18. The Bertz CT molecular complexity index is 517. The van der Waals surface area contributed by atoms with Crippen LogP contribution in [0.1, 0.15) is 13.3 Å². The lowest BCUT2D eigenvalue weighted by Crippen LogP contribution is -2.29. The number of halogens is 1. The Morgan fingerprint density at radius 2 is 2.11 bits per heavy atom. The Labute approximate surface area is 116 Å². The summed E-state index contributed by atoms with van der Waals surface area (Å²) in [7, 11) is -2.07. The number of hydrogen-bond donors (Lipinski definition) is 2. The molecule has 0 fully saturated rings. The molecule has 0 saturated heterocycles. The summed E-state index contributed by atoms with van der Waals surface area (Å²) in [5, 5.41) is 9.17. The third kappa shape index (κ3) is 3.68. The minimum atomic E-state index is -3.55. The normalized spacial score (nSPS) is 13.8. The molecule has 1 atom stereocenters. The zero-order chi connectivity index (χ0) is 13.9. The van der Waals surface area contributed by atoms with E-state index in [-0.39, 0.29) is 11.4 Å². The monoisotopic (exact) mass is 336 g/mol. The first-order chi connectivity index (χ1) is 8.25. The van der Waals surface area contributed by atoms with Crippen molar-refractivity contribution in [1.29, 1.82) is 0 Å². The molecule has 0 aliphatic rings. The van der Waals surface area contributed by atoms with Gasteiger partial charge in [0.05, 0.1) is 11.0 Å². The number of aliphatic hydroxyl groups excluding tert-OH is 1. The molecule has 0 saturated carbocycles. The predicted molar refractivity (Wildman–Crippen MR) is 74.7 cm³/mol. The van der Waals surface area contributed by atoms with Crippen molar-refractivity contribution in [3.63, 3.8) is 0 Å². The zero-order valence-corrected chi connectivity index (χ0v) is 12.7. The minimum Gasteiger partial charge on any atom is -0.398 e. The number of hydrogen-bond acceptors (Lipinski definition) is 4. The van der Waals surface area contributed by atoms with E-state index in [2.05, 4.69) is 15.9 Å². The average Bonchev–Trinajstić information content (AvgIpc) is 2.29. The molecule has 102 valence electrons. The largest absolute Gasteiger partial charge is 0.398 e. The highest BCUT2D eigenvalue weighted by Gasteiger charge is 2.21. The van der Waals surface area contributed by atoms with Crippen LogP contribution in [-0.2, 0) is 10.0 Å². The summed E-state index contributed by atoms with van der Waals surface area (Å²) >= 11 is 3.22. The van der Waals surface area contributed by atoms with E-state index in [1.165, 1.54) is 23.5 Å². The standard InChI is InChI=1S/C11H17BrN2O3S/c1-8(15)5-6-14(2)18(16,17)9-3-4-10(12)11(13)7-9/h3-4,7-8,15H,5-6,13H2,1-2H3. The maximum atomic E-state index is 12.2. The highest BCUT2D eigenvalue weighted by Crippen LogP contribution is 2.24. The van der Waals surface area contributed by atoms with Gasteiger partial charge in [0.15, 0.2) is 0 Å². The summed E-state index contributed by atoms with van der Waals surface area (Å²) in [6, 6.07) is 4.51. The van der Waals surface area contributed by atoms with Gasteiger partial charge in [0.2, 0.25) is 10.0 Å². The van der Waals surface area contributed by atoms with Gasteiger partial charge in [-0.05, 0) is 47.5 Å². The smallest absolute Gasteiger partial charge is 0.242 e. The van der Waals surface area contributed by atoms with Gasteiger partial charge < -0.3 is 10.8 Å². The van der Waals surface area contributed by atoms with Gasteiger partial charge in [-0.25, -0.2) is 12.7 Å². The topological polar surface area (TPSA) is 83.6 Å². The van der Waals surface area contributed by atoms with Crippen molar-refractivity contribution in [3.05, 3.63) is 22.7 Å². The molecule has 0 bridgehead atoms. The molecule has 1 aromatic rings. The van der Waals surface area contributed by atoms with Crippen LogP contribution in [0.25, 0.3) is 0 Å². The van der Waals surface area contributed by atoms with E-state index < -0.39 is 16.1 Å². The van der Waals surface area contributed by atoms with Crippen molar-refractivity contribution in [2.75, 3.05) is 19.3 Å². The molecular weight excluding hydrogens is 320 g/mol. The van der Waals surface area contributed by atoms with Crippen LogP contribution in [0.2, 0.25) is 0 Å². The van der Waals surface area contributed by atoms with Crippen molar-refractivity contribution in [2.24, 2.45) is 0 Å². The molecule has 1 rings (SSSR count). The molecule has 0 aliphatic heterocycles. The van der Waals surface area contributed by atoms with Crippen LogP contribution in [0.15, 0.2) is 27.6 Å². The van der Waals surface area contributed by atoms with Gasteiger partial charge >= 0.3 is 0 Å². The first-order valence-electron chi connectivity index (χ1n) is 5.44. The second-order valence-electron chi connectivity index (χ2n) is 4.15. The van der Waals surface area contributed by atoms with E-state index in [9.17, 15) is 13.5 Å². The van der Waals surface area contributed by atoms with Crippen molar-refractivity contribution >= 4 is 31.6 Å². The van der Waals surface area contributed by atoms with Gasteiger partial charge in [-0.1, -0.05) is 0 Å². The Hall–Kier alpha value is -0.630. The Balaban J connectivity index is 2.95. The van der Waals surface area contributed by atoms with Crippen LogP contribution in [0.4, 0.5) is 5.69 Å². The molecule has 0 aromatic heterocycles. The van der Waals surface area contributed by atoms with E-state index in [0.29, 0.717) is 16.6 Å². The Morgan fingerprint density at radius 3 is 2.61 bits per heavy atom. The SMILES string of the molecule is CC(O)CCN(C)S(=O)(=O)c1ccc(Br)c(N)c1. The van der Waals surface area contributed by atoms with E-state index in [0.717, 1.165) is 0 Å². The number of anilines is 1. The minimum absolute atomic E-state index is 0.149. The fourth-order valence-electron chi connectivity index (χ4n) is 1.35.